The zero-order valence-corrected chi connectivity index (χ0v) is 12.6. The highest BCUT2D eigenvalue weighted by molar-refractivity contribution is 7.98. The number of aryl methyl sites for hydroxylation is 2. The van der Waals surface area contributed by atoms with Crippen LogP contribution in [-0.2, 0) is 11.8 Å². The van der Waals surface area contributed by atoms with Gasteiger partial charge in [0, 0.05) is 29.8 Å². The van der Waals surface area contributed by atoms with Crippen LogP contribution in [-0.4, -0.2) is 21.9 Å². The third kappa shape index (κ3) is 2.12. The molecule has 0 radical (unpaired) electrons. The Morgan fingerprint density at radius 2 is 2.05 bits per heavy atom. The van der Waals surface area contributed by atoms with Gasteiger partial charge in [-0.1, -0.05) is 12.1 Å². The van der Waals surface area contributed by atoms with Crippen LogP contribution >= 0.6 is 11.8 Å². The maximum absolute atomic E-state index is 11.9. The van der Waals surface area contributed by atoms with Crippen molar-refractivity contribution in [2.24, 2.45) is 7.05 Å². The molecule has 1 N–H and O–H groups in total. The van der Waals surface area contributed by atoms with Gasteiger partial charge in [-0.25, -0.2) is 0 Å². The van der Waals surface area contributed by atoms with Crippen molar-refractivity contribution in [2.45, 2.75) is 24.2 Å². The van der Waals surface area contributed by atoms with E-state index in [1.807, 2.05) is 14.0 Å². The van der Waals surface area contributed by atoms with E-state index in [0.717, 1.165) is 17.1 Å². The summed E-state index contributed by atoms with van der Waals surface area (Å²) in [6.07, 6.45) is 2.55. The zero-order valence-electron chi connectivity index (χ0n) is 11.8. The Balaban J connectivity index is 2.07. The molecule has 1 atom stereocenters. The number of carbonyl (C=O) groups is 1. The molecule has 1 aromatic heterocycles. The standard InChI is InChI=1S/C15H17N3OS/c1-9-14-12(10-4-6-11(20-3)7-5-10)8-13(19)16-15(14)18(2)17-9/h4-7,12H,8H2,1-3H3,(H,16,19). The van der Waals surface area contributed by atoms with Crippen LogP contribution in [0.3, 0.4) is 0 Å². The molecule has 20 heavy (non-hydrogen) atoms. The number of aromatic nitrogens is 2. The van der Waals surface area contributed by atoms with Crippen LogP contribution in [0.2, 0.25) is 0 Å². The van der Waals surface area contributed by atoms with Crippen molar-refractivity contribution in [3.63, 3.8) is 0 Å². The molecule has 1 aliphatic rings. The van der Waals surface area contributed by atoms with Gasteiger partial charge >= 0.3 is 0 Å². The van der Waals surface area contributed by atoms with Gasteiger partial charge in [0.2, 0.25) is 5.91 Å². The fraction of sp³-hybridized carbons (Fsp3) is 0.333. The highest BCUT2D eigenvalue weighted by Gasteiger charge is 2.31. The predicted octanol–water partition coefficient (Wildman–Crippen LogP) is 2.92. The minimum atomic E-state index is 0.0550. The van der Waals surface area contributed by atoms with E-state index in [1.54, 1.807) is 16.4 Å². The number of benzene rings is 1. The number of nitrogens with one attached hydrogen (secondary N) is 1. The molecule has 0 saturated heterocycles. The molecular weight excluding hydrogens is 270 g/mol. The van der Waals surface area contributed by atoms with Crippen LogP contribution in [0.4, 0.5) is 5.82 Å². The molecule has 1 aromatic carbocycles. The maximum atomic E-state index is 11.9. The molecule has 2 aromatic rings. The SMILES string of the molecule is CSc1ccc(C2CC(=O)Nc3c2c(C)nn3C)cc1. The number of rotatable bonds is 2. The minimum absolute atomic E-state index is 0.0550. The first kappa shape index (κ1) is 13.2. The smallest absolute Gasteiger partial charge is 0.226 e. The van der Waals surface area contributed by atoms with Gasteiger partial charge < -0.3 is 5.32 Å². The maximum Gasteiger partial charge on any atom is 0.226 e. The third-order valence-electron chi connectivity index (χ3n) is 3.78. The topological polar surface area (TPSA) is 46.9 Å². The lowest BCUT2D eigenvalue weighted by Crippen LogP contribution is -2.24. The second-order valence-corrected chi connectivity index (χ2v) is 5.93. The van der Waals surface area contributed by atoms with Crippen molar-refractivity contribution in [2.75, 3.05) is 11.6 Å². The summed E-state index contributed by atoms with van der Waals surface area (Å²) in [4.78, 5) is 13.2. The first-order valence-electron chi connectivity index (χ1n) is 6.57. The molecule has 3 rings (SSSR count). The van der Waals surface area contributed by atoms with Gasteiger partial charge in [-0.05, 0) is 30.9 Å². The van der Waals surface area contributed by atoms with Gasteiger partial charge in [-0.3, -0.25) is 9.48 Å². The van der Waals surface area contributed by atoms with E-state index in [2.05, 4.69) is 40.9 Å². The molecule has 1 unspecified atom stereocenters. The van der Waals surface area contributed by atoms with Crippen LogP contribution in [0, 0.1) is 6.92 Å². The first-order valence-corrected chi connectivity index (χ1v) is 7.80. The molecule has 2 heterocycles. The largest absolute Gasteiger partial charge is 0.311 e. The Bertz CT molecular complexity index is 661. The Labute approximate surface area is 122 Å². The van der Waals surface area contributed by atoms with Crippen molar-refractivity contribution >= 4 is 23.5 Å². The summed E-state index contributed by atoms with van der Waals surface area (Å²) >= 11 is 1.72. The number of amides is 1. The molecule has 0 aliphatic carbocycles. The molecule has 0 saturated carbocycles. The number of anilines is 1. The fourth-order valence-electron chi connectivity index (χ4n) is 2.83. The third-order valence-corrected chi connectivity index (χ3v) is 4.53. The van der Waals surface area contributed by atoms with Crippen molar-refractivity contribution < 1.29 is 4.79 Å². The Hall–Kier alpha value is -1.75. The summed E-state index contributed by atoms with van der Waals surface area (Å²) in [6, 6.07) is 8.45. The Morgan fingerprint density at radius 1 is 1.35 bits per heavy atom. The summed E-state index contributed by atoms with van der Waals surface area (Å²) in [6.45, 7) is 2.00. The summed E-state index contributed by atoms with van der Waals surface area (Å²) < 4.78 is 1.75. The molecule has 0 fully saturated rings. The zero-order chi connectivity index (χ0) is 14.3. The van der Waals surface area contributed by atoms with E-state index in [0.29, 0.717) is 6.42 Å². The average molecular weight is 287 g/mol. The molecule has 1 amide bonds. The van der Waals surface area contributed by atoms with E-state index < -0.39 is 0 Å². The van der Waals surface area contributed by atoms with Crippen molar-refractivity contribution in [3.8, 4) is 0 Å². The molecule has 0 spiro atoms. The number of thioether (sulfide) groups is 1. The highest BCUT2D eigenvalue weighted by Crippen LogP contribution is 2.39. The van der Waals surface area contributed by atoms with Crippen LogP contribution < -0.4 is 5.32 Å². The summed E-state index contributed by atoms with van der Waals surface area (Å²) in [7, 11) is 1.87. The monoisotopic (exact) mass is 287 g/mol. The van der Waals surface area contributed by atoms with Crippen molar-refractivity contribution in [1.29, 1.82) is 0 Å². The Kier molecular flexibility index (Phi) is 3.30. The van der Waals surface area contributed by atoms with E-state index >= 15 is 0 Å². The summed E-state index contributed by atoms with van der Waals surface area (Å²) in [5.41, 5.74) is 3.31. The van der Waals surface area contributed by atoms with Crippen LogP contribution in [0.5, 0.6) is 0 Å². The quantitative estimate of drug-likeness (QED) is 0.864. The molecule has 1 aliphatic heterocycles. The van der Waals surface area contributed by atoms with E-state index in [-0.39, 0.29) is 11.8 Å². The van der Waals surface area contributed by atoms with Gasteiger partial charge in [0.05, 0.1) is 5.69 Å². The summed E-state index contributed by atoms with van der Waals surface area (Å²) in [5.74, 6) is 0.987. The predicted molar refractivity (Wildman–Crippen MR) is 81.3 cm³/mol. The number of carbonyl (C=O) groups excluding carboxylic acids is 1. The number of hydrogen-bond acceptors (Lipinski definition) is 3. The van der Waals surface area contributed by atoms with Crippen LogP contribution in [0.15, 0.2) is 29.2 Å². The fourth-order valence-corrected chi connectivity index (χ4v) is 3.24. The summed E-state index contributed by atoms with van der Waals surface area (Å²) in [5, 5.41) is 7.36. The normalized spacial score (nSPS) is 17.8. The van der Waals surface area contributed by atoms with Gasteiger partial charge in [0.25, 0.3) is 0 Å². The first-order chi connectivity index (χ1) is 9.60. The molecule has 104 valence electrons. The molecule has 4 nitrogen and oxygen atoms in total. The minimum Gasteiger partial charge on any atom is -0.311 e. The van der Waals surface area contributed by atoms with Crippen LogP contribution in [0.25, 0.3) is 0 Å². The molecule has 0 bridgehead atoms. The lowest BCUT2D eigenvalue weighted by Gasteiger charge is -2.24. The highest BCUT2D eigenvalue weighted by atomic mass is 32.2. The lowest BCUT2D eigenvalue weighted by atomic mass is 9.86. The van der Waals surface area contributed by atoms with Gasteiger partial charge in [0.1, 0.15) is 5.82 Å². The average Bonchev–Trinajstić information content (AvgIpc) is 2.73. The Morgan fingerprint density at radius 3 is 2.70 bits per heavy atom. The molecule has 5 heteroatoms. The molecular formula is C15H17N3OS. The van der Waals surface area contributed by atoms with Crippen molar-refractivity contribution in [3.05, 3.63) is 41.1 Å². The van der Waals surface area contributed by atoms with Gasteiger partial charge in [-0.2, -0.15) is 5.10 Å². The van der Waals surface area contributed by atoms with Gasteiger partial charge in [-0.15, -0.1) is 11.8 Å². The van der Waals surface area contributed by atoms with E-state index in [4.69, 9.17) is 0 Å². The van der Waals surface area contributed by atoms with E-state index in [1.165, 1.54) is 10.5 Å². The van der Waals surface area contributed by atoms with E-state index in [9.17, 15) is 4.79 Å². The lowest BCUT2D eigenvalue weighted by molar-refractivity contribution is -0.116. The number of hydrogen-bond donors (Lipinski definition) is 1. The van der Waals surface area contributed by atoms with Crippen LogP contribution in [0.1, 0.15) is 29.2 Å². The van der Waals surface area contributed by atoms with Crippen molar-refractivity contribution in [1.82, 2.24) is 9.78 Å². The number of fused-ring (bicyclic) bond motifs is 1. The second-order valence-electron chi connectivity index (χ2n) is 5.05. The second kappa shape index (κ2) is 4.98. The number of nitrogens with zero attached hydrogens (tertiary/aromatic N) is 2. The van der Waals surface area contributed by atoms with Gasteiger partial charge in [0.15, 0.2) is 0 Å².